The Morgan fingerprint density at radius 3 is 2.52 bits per heavy atom. The summed E-state index contributed by atoms with van der Waals surface area (Å²) in [5.74, 6) is -0.0251. The molecule has 0 spiro atoms. The first-order chi connectivity index (χ1) is 9.81. The van der Waals surface area contributed by atoms with Crippen LogP contribution in [-0.2, 0) is 0 Å². The van der Waals surface area contributed by atoms with Crippen LogP contribution < -0.4 is 4.74 Å². The SMILES string of the molecule is Cc1ncnc(C#N)c1-c1ccc(OC(C)(C)C)cc1F. The van der Waals surface area contributed by atoms with E-state index >= 15 is 0 Å². The topological polar surface area (TPSA) is 58.8 Å². The van der Waals surface area contributed by atoms with Crippen molar-refractivity contribution in [1.82, 2.24) is 9.97 Å². The second-order valence-electron chi connectivity index (χ2n) is 5.65. The van der Waals surface area contributed by atoms with Crippen molar-refractivity contribution in [3.05, 3.63) is 41.7 Å². The molecule has 0 aliphatic rings. The average molecular weight is 285 g/mol. The lowest BCUT2D eigenvalue weighted by molar-refractivity contribution is 0.130. The van der Waals surface area contributed by atoms with Gasteiger partial charge in [-0.15, -0.1) is 0 Å². The summed E-state index contributed by atoms with van der Waals surface area (Å²) in [6, 6.07) is 6.54. The van der Waals surface area contributed by atoms with Gasteiger partial charge in [0.1, 0.15) is 29.6 Å². The first-order valence-corrected chi connectivity index (χ1v) is 6.52. The fourth-order valence-corrected chi connectivity index (χ4v) is 2.00. The third-order valence-electron chi connectivity index (χ3n) is 2.78. The van der Waals surface area contributed by atoms with Crippen molar-refractivity contribution in [2.24, 2.45) is 0 Å². The van der Waals surface area contributed by atoms with Gasteiger partial charge in [-0.25, -0.2) is 14.4 Å². The predicted molar refractivity (Wildman–Crippen MR) is 77.3 cm³/mol. The predicted octanol–water partition coefficient (Wildman–Crippen LogP) is 3.64. The number of aromatic nitrogens is 2. The molecule has 108 valence electrons. The lowest BCUT2D eigenvalue weighted by Gasteiger charge is -2.21. The summed E-state index contributed by atoms with van der Waals surface area (Å²) in [6.45, 7) is 7.39. The smallest absolute Gasteiger partial charge is 0.152 e. The Morgan fingerprint density at radius 2 is 1.95 bits per heavy atom. The number of rotatable bonds is 2. The minimum Gasteiger partial charge on any atom is -0.488 e. The van der Waals surface area contributed by atoms with E-state index in [0.29, 0.717) is 22.6 Å². The number of nitrogens with zero attached hydrogens (tertiary/aromatic N) is 3. The molecule has 21 heavy (non-hydrogen) atoms. The number of halogens is 1. The van der Waals surface area contributed by atoms with Gasteiger partial charge in [0.25, 0.3) is 0 Å². The van der Waals surface area contributed by atoms with Crippen LogP contribution in [0.4, 0.5) is 4.39 Å². The van der Waals surface area contributed by atoms with Gasteiger partial charge in [-0.3, -0.25) is 0 Å². The zero-order valence-corrected chi connectivity index (χ0v) is 12.4. The normalized spacial score (nSPS) is 11.0. The Morgan fingerprint density at radius 1 is 1.24 bits per heavy atom. The number of hydrogen-bond acceptors (Lipinski definition) is 4. The van der Waals surface area contributed by atoms with Gasteiger partial charge in [-0.1, -0.05) is 0 Å². The highest BCUT2D eigenvalue weighted by atomic mass is 19.1. The molecule has 0 aliphatic heterocycles. The van der Waals surface area contributed by atoms with Crippen LogP contribution in [-0.4, -0.2) is 15.6 Å². The molecule has 5 heteroatoms. The third kappa shape index (κ3) is 3.34. The van der Waals surface area contributed by atoms with Crippen LogP contribution in [0.15, 0.2) is 24.5 Å². The Labute approximate surface area is 123 Å². The van der Waals surface area contributed by atoms with Crippen molar-refractivity contribution in [1.29, 1.82) is 5.26 Å². The van der Waals surface area contributed by atoms with Crippen LogP contribution >= 0.6 is 0 Å². The first kappa shape index (κ1) is 14.9. The largest absolute Gasteiger partial charge is 0.488 e. The van der Waals surface area contributed by atoms with Crippen molar-refractivity contribution in [2.75, 3.05) is 0 Å². The highest BCUT2D eigenvalue weighted by Crippen LogP contribution is 2.30. The van der Waals surface area contributed by atoms with E-state index in [0.717, 1.165) is 0 Å². The fraction of sp³-hybridized carbons (Fsp3) is 0.312. The van der Waals surface area contributed by atoms with Crippen LogP contribution in [0.3, 0.4) is 0 Å². The van der Waals surface area contributed by atoms with Gasteiger partial charge in [0.2, 0.25) is 0 Å². The summed E-state index contributed by atoms with van der Waals surface area (Å²) >= 11 is 0. The van der Waals surface area contributed by atoms with Gasteiger partial charge in [0.05, 0.1) is 0 Å². The van der Waals surface area contributed by atoms with Crippen molar-refractivity contribution in [3.63, 3.8) is 0 Å². The molecule has 0 saturated heterocycles. The van der Waals surface area contributed by atoms with Crippen molar-refractivity contribution in [2.45, 2.75) is 33.3 Å². The molecular weight excluding hydrogens is 269 g/mol. The summed E-state index contributed by atoms with van der Waals surface area (Å²) in [7, 11) is 0. The summed E-state index contributed by atoms with van der Waals surface area (Å²) < 4.78 is 20.0. The van der Waals surface area contributed by atoms with Crippen LogP contribution in [0, 0.1) is 24.1 Å². The molecule has 1 heterocycles. The molecule has 2 rings (SSSR count). The van der Waals surface area contributed by atoms with E-state index < -0.39 is 11.4 Å². The molecule has 0 saturated carbocycles. The molecule has 0 radical (unpaired) electrons. The highest BCUT2D eigenvalue weighted by molar-refractivity contribution is 5.71. The first-order valence-electron chi connectivity index (χ1n) is 6.52. The molecule has 0 bridgehead atoms. The molecule has 0 unspecified atom stereocenters. The van der Waals surface area contributed by atoms with E-state index in [9.17, 15) is 4.39 Å². The molecule has 0 fully saturated rings. The minimum absolute atomic E-state index is 0.158. The molecule has 0 atom stereocenters. The number of ether oxygens (including phenoxy) is 1. The molecule has 4 nitrogen and oxygen atoms in total. The Balaban J connectivity index is 2.51. The van der Waals surface area contributed by atoms with E-state index in [2.05, 4.69) is 9.97 Å². The van der Waals surface area contributed by atoms with Gasteiger partial charge < -0.3 is 4.74 Å². The number of benzene rings is 1. The maximum Gasteiger partial charge on any atom is 0.152 e. The molecule has 0 N–H and O–H groups in total. The number of hydrogen-bond donors (Lipinski definition) is 0. The van der Waals surface area contributed by atoms with Crippen LogP contribution in [0.1, 0.15) is 32.2 Å². The maximum absolute atomic E-state index is 14.4. The summed E-state index contributed by atoms with van der Waals surface area (Å²) in [4.78, 5) is 7.91. The second-order valence-corrected chi connectivity index (χ2v) is 5.65. The minimum atomic E-state index is -0.467. The molecule has 1 aromatic carbocycles. The van der Waals surface area contributed by atoms with Crippen molar-refractivity contribution in [3.8, 4) is 22.9 Å². The Kier molecular flexibility index (Phi) is 3.90. The van der Waals surface area contributed by atoms with E-state index in [1.165, 1.54) is 12.4 Å². The zero-order valence-electron chi connectivity index (χ0n) is 12.4. The zero-order chi connectivity index (χ0) is 15.6. The van der Waals surface area contributed by atoms with Gasteiger partial charge in [-0.2, -0.15) is 5.26 Å². The van der Waals surface area contributed by atoms with Crippen LogP contribution in [0.5, 0.6) is 5.75 Å². The monoisotopic (exact) mass is 285 g/mol. The van der Waals surface area contributed by atoms with E-state index in [4.69, 9.17) is 10.00 Å². The lowest BCUT2D eigenvalue weighted by atomic mass is 10.0. The summed E-state index contributed by atoms with van der Waals surface area (Å²) in [5.41, 5.74) is 1.03. The highest BCUT2D eigenvalue weighted by Gasteiger charge is 2.17. The molecule has 0 aliphatic carbocycles. The number of nitriles is 1. The third-order valence-corrected chi connectivity index (χ3v) is 2.78. The van der Waals surface area contributed by atoms with Gasteiger partial charge in [0.15, 0.2) is 5.69 Å². The van der Waals surface area contributed by atoms with Crippen LogP contribution in [0.2, 0.25) is 0 Å². The molecule has 2 aromatic rings. The lowest BCUT2D eigenvalue weighted by Crippen LogP contribution is -2.23. The number of aryl methyl sites for hydroxylation is 1. The van der Waals surface area contributed by atoms with E-state index in [-0.39, 0.29) is 5.69 Å². The Hall–Kier alpha value is -2.48. The molecule has 0 amide bonds. The Bertz CT molecular complexity index is 714. The van der Waals surface area contributed by atoms with Crippen molar-refractivity contribution < 1.29 is 9.13 Å². The van der Waals surface area contributed by atoms with E-state index in [1.54, 1.807) is 19.1 Å². The van der Waals surface area contributed by atoms with Crippen LogP contribution in [0.25, 0.3) is 11.1 Å². The van der Waals surface area contributed by atoms with Gasteiger partial charge in [0, 0.05) is 22.9 Å². The average Bonchev–Trinajstić information content (AvgIpc) is 2.37. The van der Waals surface area contributed by atoms with Gasteiger partial charge >= 0.3 is 0 Å². The summed E-state index contributed by atoms with van der Waals surface area (Å²) in [6.07, 6.45) is 1.30. The quantitative estimate of drug-likeness (QED) is 0.845. The standard InChI is InChI=1S/C16H16FN3O/c1-10-15(14(8-18)20-9-19-10)12-6-5-11(7-13(12)17)21-16(2,3)4/h5-7,9H,1-4H3. The maximum atomic E-state index is 14.4. The van der Waals surface area contributed by atoms with E-state index in [1.807, 2.05) is 26.8 Å². The fourth-order valence-electron chi connectivity index (χ4n) is 2.00. The van der Waals surface area contributed by atoms with Gasteiger partial charge in [-0.05, 0) is 39.8 Å². The second kappa shape index (κ2) is 5.49. The molecular formula is C16H16FN3O. The van der Waals surface area contributed by atoms with Crippen molar-refractivity contribution >= 4 is 0 Å². The molecule has 1 aromatic heterocycles. The summed E-state index contributed by atoms with van der Waals surface area (Å²) in [5, 5.41) is 9.12.